The molecule has 1 N–H and O–H groups in total. The second kappa shape index (κ2) is 6.14. The lowest BCUT2D eigenvalue weighted by Gasteiger charge is -2.07. The van der Waals surface area contributed by atoms with Crippen molar-refractivity contribution in [1.82, 2.24) is 9.97 Å². The summed E-state index contributed by atoms with van der Waals surface area (Å²) < 4.78 is 18.6. The van der Waals surface area contributed by atoms with E-state index in [1.54, 1.807) is 18.3 Å². The van der Waals surface area contributed by atoms with Crippen LogP contribution in [-0.4, -0.2) is 9.97 Å². The molecule has 0 amide bonds. The number of halogens is 2. The third-order valence-corrected chi connectivity index (χ3v) is 3.50. The highest BCUT2D eigenvalue weighted by Gasteiger charge is 2.09. The van der Waals surface area contributed by atoms with Crippen LogP contribution in [0.15, 0.2) is 36.7 Å². The number of fused-ring (bicyclic) bond motifs is 1. The number of H-pyrrole nitrogens is 1. The lowest BCUT2D eigenvalue weighted by Crippen LogP contribution is -1.96. The minimum absolute atomic E-state index is 0. The average molecular weight is 307 g/mol. The zero-order valence-electron chi connectivity index (χ0n) is 11.8. The molecular weight excluding hydrogens is 291 g/mol. The van der Waals surface area contributed by atoms with E-state index < -0.39 is 0 Å². The van der Waals surface area contributed by atoms with Gasteiger partial charge in [-0.15, -0.1) is 12.4 Å². The number of aromatic nitrogens is 2. The molecule has 2 heterocycles. The van der Waals surface area contributed by atoms with Gasteiger partial charge in [0.05, 0.1) is 11.7 Å². The number of hydrogen-bond acceptors (Lipinski definition) is 2. The van der Waals surface area contributed by atoms with Gasteiger partial charge in [0.1, 0.15) is 12.4 Å². The van der Waals surface area contributed by atoms with Gasteiger partial charge in [-0.3, -0.25) is 4.98 Å². The van der Waals surface area contributed by atoms with Crippen LogP contribution < -0.4 is 4.74 Å². The SMILES string of the molecule is Cc1[nH]c2c(OCc3ccc(F)cc3)cncc2c1C.Cl. The van der Waals surface area contributed by atoms with E-state index in [2.05, 4.69) is 16.9 Å². The fourth-order valence-electron chi connectivity index (χ4n) is 2.19. The first kappa shape index (κ1) is 15.3. The summed E-state index contributed by atoms with van der Waals surface area (Å²) in [6, 6.07) is 6.29. The predicted molar refractivity (Wildman–Crippen MR) is 83.5 cm³/mol. The summed E-state index contributed by atoms with van der Waals surface area (Å²) >= 11 is 0. The third kappa shape index (κ3) is 3.00. The molecule has 0 saturated heterocycles. The molecule has 0 saturated carbocycles. The summed E-state index contributed by atoms with van der Waals surface area (Å²) in [5.41, 5.74) is 4.17. The van der Waals surface area contributed by atoms with E-state index in [0.717, 1.165) is 22.2 Å². The van der Waals surface area contributed by atoms with Crippen molar-refractivity contribution in [2.45, 2.75) is 20.5 Å². The van der Waals surface area contributed by atoms with E-state index in [0.29, 0.717) is 12.4 Å². The second-order valence-corrected chi connectivity index (χ2v) is 4.85. The van der Waals surface area contributed by atoms with Crippen LogP contribution in [0.2, 0.25) is 0 Å². The minimum atomic E-state index is -0.242. The minimum Gasteiger partial charge on any atom is -0.485 e. The molecule has 0 unspecified atom stereocenters. The number of nitrogens with one attached hydrogen (secondary N) is 1. The Bertz CT molecular complexity index is 753. The van der Waals surface area contributed by atoms with Crippen molar-refractivity contribution in [3.63, 3.8) is 0 Å². The van der Waals surface area contributed by atoms with Crippen molar-refractivity contribution in [2.75, 3.05) is 0 Å². The van der Waals surface area contributed by atoms with Gasteiger partial charge in [-0.05, 0) is 37.1 Å². The standard InChI is InChI=1S/C16H15FN2O.ClH/c1-10-11(2)19-16-14(10)7-18-8-15(16)20-9-12-3-5-13(17)6-4-12;/h3-8,19H,9H2,1-2H3;1H. The van der Waals surface area contributed by atoms with Crippen LogP contribution in [0.25, 0.3) is 10.9 Å². The Morgan fingerprint density at radius 2 is 1.86 bits per heavy atom. The van der Waals surface area contributed by atoms with E-state index >= 15 is 0 Å². The Balaban J connectivity index is 0.00000161. The van der Waals surface area contributed by atoms with Crippen LogP contribution in [0.1, 0.15) is 16.8 Å². The molecule has 0 atom stereocenters. The molecule has 1 aromatic carbocycles. The lowest BCUT2D eigenvalue weighted by molar-refractivity contribution is 0.308. The van der Waals surface area contributed by atoms with Crippen molar-refractivity contribution in [1.29, 1.82) is 0 Å². The maximum absolute atomic E-state index is 12.8. The molecule has 3 rings (SSSR count). The van der Waals surface area contributed by atoms with Crippen LogP contribution in [0.4, 0.5) is 4.39 Å². The Morgan fingerprint density at radius 3 is 2.57 bits per heavy atom. The van der Waals surface area contributed by atoms with Crippen LogP contribution >= 0.6 is 12.4 Å². The predicted octanol–water partition coefficient (Wildman–Crippen LogP) is 4.32. The van der Waals surface area contributed by atoms with Gasteiger partial charge in [-0.25, -0.2) is 4.39 Å². The number of ether oxygens (including phenoxy) is 1. The lowest BCUT2D eigenvalue weighted by atomic mass is 10.2. The van der Waals surface area contributed by atoms with Crippen molar-refractivity contribution in [3.8, 4) is 5.75 Å². The van der Waals surface area contributed by atoms with Crippen molar-refractivity contribution in [2.24, 2.45) is 0 Å². The molecule has 3 aromatic rings. The fourth-order valence-corrected chi connectivity index (χ4v) is 2.19. The first-order valence-electron chi connectivity index (χ1n) is 6.45. The molecule has 0 aliphatic rings. The maximum Gasteiger partial charge on any atom is 0.162 e. The quantitative estimate of drug-likeness (QED) is 0.782. The molecule has 21 heavy (non-hydrogen) atoms. The van der Waals surface area contributed by atoms with E-state index in [1.165, 1.54) is 17.7 Å². The van der Waals surface area contributed by atoms with Gasteiger partial charge in [-0.2, -0.15) is 0 Å². The van der Waals surface area contributed by atoms with Gasteiger partial charge in [0.15, 0.2) is 5.75 Å². The normalized spacial score (nSPS) is 10.4. The van der Waals surface area contributed by atoms with Crippen LogP contribution in [0.5, 0.6) is 5.75 Å². The van der Waals surface area contributed by atoms with E-state index in [9.17, 15) is 4.39 Å². The van der Waals surface area contributed by atoms with Gasteiger partial charge in [0, 0.05) is 17.3 Å². The number of aryl methyl sites for hydroxylation is 2. The zero-order chi connectivity index (χ0) is 14.1. The molecule has 0 aliphatic carbocycles. The van der Waals surface area contributed by atoms with Gasteiger partial charge in [-0.1, -0.05) is 12.1 Å². The average Bonchev–Trinajstić information content (AvgIpc) is 2.75. The molecule has 0 spiro atoms. The number of benzene rings is 1. The Hall–Kier alpha value is -2.07. The van der Waals surface area contributed by atoms with Gasteiger partial charge < -0.3 is 9.72 Å². The highest BCUT2D eigenvalue weighted by molar-refractivity contribution is 5.88. The smallest absolute Gasteiger partial charge is 0.162 e. The molecule has 2 aromatic heterocycles. The summed E-state index contributed by atoms with van der Waals surface area (Å²) in [6.45, 7) is 4.47. The van der Waals surface area contributed by atoms with Crippen molar-refractivity contribution < 1.29 is 9.13 Å². The molecule has 0 fully saturated rings. The summed E-state index contributed by atoms with van der Waals surface area (Å²) in [6.07, 6.45) is 3.53. The van der Waals surface area contributed by atoms with Crippen LogP contribution in [0.3, 0.4) is 0 Å². The second-order valence-electron chi connectivity index (χ2n) is 4.85. The number of pyridine rings is 1. The van der Waals surface area contributed by atoms with Crippen LogP contribution in [-0.2, 0) is 6.61 Å². The first-order chi connectivity index (χ1) is 9.65. The number of hydrogen-bond donors (Lipinski definition) is 1. The van der Waals surface area contributed by atoms with Crippen LogP contribution in [0, 0.1) is 19.7 Å². The summed E-state index contributed by atoms with van der Waals surface area (Å²) in [5, 5.41) is 1.07. The number of aromatic amines is 1. The van der Waals surface area contributed by atoms with E-state index in [1.807, 2.05) is 13.1 Å². The van der Waals surface area contributed by atoms with Gasteiger partial charge in [0.25, 0.3) is 0 Å². The largest absolute Gasteiger partial charge is 0.485 e. The molecular formula is C16H16ClFN2O. The monoisotopic (exact) mass is 306 g/mol. The Labute approximate surface area is 128 Å². The number of rotatable bonds is 3. The fraction of sp³-hybridized carbons (Fsp3) is 0.188. The first-order valence-corrected chi connectivity index (χ1v) is 6.45. The maximum atomic E-state index is 12.8. The highest BCUT2D eigenvalue weighted by Crippen LogP contribution is 2.28. The van der Waals surface area contributed by atoms with Gasteiger partial charge >= 0.3 is 0 Å². The van der Waals surface area contributed by atoms with E-state index in [4.69, 9.17) is 4.74 Å². The molecule has 0 bridgehead atoms. The Morgan fingerprint density at radius 1 is 1.14 bits per heavy atom. The third-order valence-electron chi connectivity index (χ3n) is 3.50. The molecule has 0 radical (unpaired) electrons. The molecule has 5 heteroatoms. The topological polar surface area (TPSA) is 37.9 Å². The zero-order valence-corrected chi connectivity index (χ0v) is 12.6. The molecule has 110 valence electrons. The summed E-state index contributed by atoms with van der Waals surface area (Å²) in [4.78, 5) is 7.52. The molecule has 0 aliphatic heterocycles. The van der Waals surface area contributed by atoms with Crippen molar-refractivity contribution in [3.05, 3.63) is 59.3 Å². The van der Waals surface area contributed by atoms with Gasteiger partial charge in [0.2, 0.25) is 0 Å². The summed E-state index contributed by atoms with van der Waals surface area (Å²) in [7, 11) is 0. The van der Waals surface area contributed by atoms with Crippen molar-refractivity contribution >= 4 is 23.3 Å². The highest BCUT2D eigenvalue weighted by atomic mass is 35.5. The number of nitrogens with zero attached hydrogens (tertiary/aromatic N) is 1. The molecule has 3 nitrogen and oxygen atoms in total. The Kier molecular flexibility index (Phi) is 4.48. The van der Waals surface area contributed by atoms with E-state index in [-0.39, 0.29) is 18.2 Å². The summed E-state index contributed by atoms with van der Waals surface area (Å²) in [5.74, 6) is 0.469.